The normalized spacial score (nSPS) is 30.0. The van der Waals surface area contributed by atoms with Crippen LogP contribution >= 0.6 is 11.6 Å². The molecule has 1 saturated heterocycles. The SMILES string of the molecule is CC1(C)CN(c2ccc(Cl)c3c2CCC3)[C@@H]2CCCC[C@@H]2N1. The molecule has 0 aromatic heterocycles. The molecular formula is C19H27ClN2. The Balaban J connectivity index is 1.75. The van der Waals surface area contributed by atoms with E-state index in [4.69, 9.17) is 11.6 Å². The van der Waals surface area contributed by atoms with Crippen LogP contribution in [0.25, 0.3) is 0 Å². The van der Waals surface area contributed by atoms with E-state index in [1.807, 2.05) is 0 Å². The van der Waals surface area contributed by atoms with Crippen LogP contribution in [0, 0.1) is 0 Å². The van der Waals surface area contributed by atoms with Gasteiger partial charge in [0.1, 0.15) is 0 Å². The first-order valence-corrected chi connectivity index (χ1v) is 9.27. The zero-order valence-corrected chi connectivity index (χ0v) is 14.5. The molecule has 0 amide bonds. The van der Waals surface area contributed by atoms with Crippen molar-refractivity contribution in [1.82, 2.24) is 5.32 Å². The lowest BCUT2D eigenvalue weighted by Crippen LogP contribution is -2.67. The fourth-order valence-electron chi connectivity index (χ4n) is 4.92. The first kappa shape index (κ1) is 14.8. The van der Waals surface area contributed by atoms with Gasteiger partial charge in [-0.3, -0.25) is 0 Å². The highest BCUT2D eigenvalue weighted by Crippen LogP contribution is 2.40. The van der Waals surface area contributed by atoms with Crippen LogP contribution in [0.4, 0.5) is 5.69 Å². The average molecular weight is 319 g/mol. The molecule has 3 aliphatic rings. The molecule has 2 nitrogen and oxygen atoms in total. The Hall–Kier alpha value is -0.730. The highest BCUT2D eigenvalue weighted by molar-refractivity contribution is 6.31. The molecule has 1 saturated carbocycles. The first-order valence-electron chi connectivity index (χ1n) is 8.90. The van der Waals surface area contributed by atoms with E-state index in [0.29, 0.717) is 12.1 Å². The Morgan fingerprint density at radius 2 is 1.86 bits per heavy atom. The van der Waals surface area contributed by atoms with Gasteiger partial charge in [-0.05, 0) is 69.2 Å². The second-order valence-electron chi connectivity index (χ2n) is 7.99. The maximum atomic E-state index is 6.44. The predicted molar refractivity (Wildman–Crippen MR) is 94.1 cm³/mol. The van der Waals surface area contributed by atoms with E-state index >= 15 is 0 Å². The highest BCUT2D eigenvalue weighted by Gasteiger charge is 2.41. The first-order chi connectivity index (χ1) is 10.6. The number of benzene rings is 1. The minimum Gasteiger partial charge on any atom is -0.365 e. The third-order valence-corrected chi connectivity index (χ3v) is 6.14. The van der Waals surface area contributed by atoms with Crippen LogP contribution in [0.5, 0.6) is 0 Å². The van der Waals surface area contributed by atoms with Gasteiger partial charge in [-0.25, -0.2) is 0 Å². The molecule has 0 bridgehead atoms. The molecule has 0 unspecified atom stereocenters. The summed E-state index contributed by atoms with van der Waals surface area (Å²) in [5, 5.41) is 4.88. The summed E-state index contributed by atoms with van der Waals surface area (Å²) >= 11 is 6.44. The molecule has 1 heterocycles. The van der Waals surface area contributed by atoms with E-state index in [0.717, 1.165) is 18.0 Å². The summed E-state index contributed by atoms with van der Waals surface area (Å²) in [6.45, 7) is 5.80. The van der Waals surface area contributed by atoms with Crippen LogP contribution in [0.2, 0.25) is 5.02 Å². The lowest BCUT2D eigenvalue weighted by molar-refractivity contribution is 0.199. The number of piperazine rings is 1. The van der Waals surface area contributed by atoms with Gasteiger partial charge in [0.05, 0.1) is 0 Å². The standard InChI is InChI=1S/C19H27ClN2/c1-19(2)12-22(18-9-4-3-8-16(18)21-19)17-11-10-15(20)13-6-5-7-14(13)17/h10-11,16,18,21H,3-9,12H2,1-2H3/t16-,18+/m0/s1. The van der Waals surface area contributed by atoms with Crippen molar-refractivity contribution in [2.24, 2.45) is 0 Å². The Kier molecular flexibility index (Phi) is 3.65. The van der Waals surface area contributed by atoms with E-state index in [2.05, 4.69) is 36.2 Å². The summed E-state index contributed by atoms with van der Waals surface area (Å²) in [5.41, 5.74) is 4.62. The van der Waals surface area contributed by atoms with Gasteiger partial charge in [0.2, 0.25) is 0 Å². The molecule has 2 atom stereocenters. The molecule has 0 spiro atoms. The van der Waals surface area contributed by atoms with Gasteiger partial charge in [0.25, 0.3) is 0 Å². The zero-order chi connectivity index (χ0) is 15.3. The molecule has 1 aromatic rings. The van der Waals surface area contributed by atoms with Gasteiger partial charge in [0, 0.05) is 34.9 Å². The summed E-state index contributed by atoms with van der Waals surface area (Å²) in [6, 6.07) is 5.73. The lowest BCUT2D eigenvalue weighted by Gasteiger charge is -2.52. The van der Waals surface area contributed by atoms with Gasteiger partial charge in [-0.15, -0.1) is 0 Å². The van der Waals surface area contributed by atoms with Crippen molar-refractivity contribution in [1.29, 1.82) is 0 Å². The molecule has 22 heavy (non-hydrogen) atoms. The van der Waals surface area contributed by atoms with Crippen LogP contribution < -0.4 is 10.2 Å². The smallest absolute Gasteiger partial charge is 0.0444 e. The van der Waals surface area contributed by atoms with E-state index < -0.39 is 0 Å². The van der Waals surface area contributed by atoms with Crippen molar-refractivity contribution in [2.45, 2.75) is 76.4 Å². The second-order valence-corrected chi connectivity index (χ2v) is 8.40. The van der Waals surface area contributed by atoms with Crippen molar-refractivity contribution in [2.75, 3.05) is 11.4 Å². The van der Waals surface area contributed by atoms with Crippen molar-refractivity contribution in [3.05, 3.63) is 28.3 Å². The number of hydrogen-bond acceptors (Lipinski definition) is 2. The third kappa shape index (κ3) is 2.45. The van der Waals surface area contributed by atoms with Gasteiger partial charge < -0.3 is 10.2 Å². The molecule has 1 aromatic carbocycles. The number of fused-ring (bicyclic) bond motifs is 2. The predicted octanol–water partition coefficient (Wildman–Crippen LogP) is 4.33. The van der Waals surface area contributed by atoms with E-state index in [-0.39, 0.29) is 5.54 Å². The molecule has 3 heteroatoms. The van der Waals surface area contributed by atoms with Crippen LogP contribution in [-0.2, 0) is 12.8 Å². The molecule has 2 aliphatic carbocycles. The molecule has 0 radical (unpaired) electrons. The largest absolute Gasteiger partial charge is 0.365 e. The van der Waals surface area contributed by atoms with Gasteiger partial charge in [-0.2, -0.15) is 0 Å². The Labute approximate surface area is 139 Å². The van der Waals surface area contributed by atoms with Crippen LogP contribution in [0.3, 0.4) is 0 Å². The topological polar surface area (TPSA) is 15.3 Å². The number of nitrogens with zero attached hydrogens (tertiary/aromatic N) is 1. The van der Waals surface area contributed by atoms with Gasteiger partial charge in [0.15, 0.2) is 0 Å². The lowest BCUT2D eigenvalue weighted by atomic mass is 9.82. The maximum absolute atomic E-state index is 6.44. The summed E-state index contributed by atoms with van der Waals surface area (Å²) in [7, 11) is 0. The van der Waals surface area contributed by atoms with Crippen LogP contribution in [0.1, 0.15) is 57.1 Å². The fourth-order valence-corrected chi connectivity index (χ4v) is 5.19. The molecule has 2 fully saturated rings. The third-order valence-electron chi connectivity index (χ3n) is 5.78. The minimum absolute atomic E-state index is 0.184. The highest BCUT2D eigenvalue weighted by atomic mass is 35.5. The van der Waals surface area contributed by atoms with E-state index in [1.165, 1.54) is 55.3 Å². The number of rotatable bonds is 1. The summed E-state index contributed by atoms with van der Waals surface area (Å²) in [6.07, 6.45) is 9.01. The molecule has 1 N–H and O–H groups in total. The Morgan fingerprint density at radius 3 is 2.73 bits per heavy atom. The Morgan fingerprint density at radius 1 is 1.09 bits per heavy atom. The zero-order valence-electron chi connectivity index (χ0n) is 13.8. The molecular weight excluding hydrogens is 292 g/mol. The number of hydrogen-bond donors (Lipinski definition) is 1. The maximum Gasteiger partial charge on any atom is 0.0444 e. The molecule has 1 aliphatic heterocycles. The van der Waals surface area contributed by atoms with Crippen molar-refractivity contribution in [3.63, 3.8) is 0 Å². The number of nitrogens with one attached hydrogen (secondary N) is 1. The molecule has 4 rings (SSSR count). The summed E-state index contributed by atoms with van der Waals surface area (Å²) < 4.78 is 0. The summed E-state index contributed by atoms with van der Waals surface area (Å²) in [5.74, 6) is 0. The van der Waals surface area contributed by atoms with Crippen molar-refractivity contribution in [3.8, 4) is 0 Å². The van der Waals surface area contributed by atoms with Crippen molar-refractivity contribution < 1.29 is 0 Å². The van der Waals surface area contributed by atoms with Gasteiger partial charge >= 0.3 is 0 Å². The minimum atomic E-state index is 0.184. The fraction of sp³-hybridized carbons (Fsp3) is 0.684. The second kappa shape index (κ2) is 5.42. The monoisotopic (exact) mass is 318 g/mol. The summed E-state index contributed by atoms with van der Waals surface area (Å²) in [4.78, 5) is 2.72. The van der Waals surface area contributed by atoms with E-state index in [1.54, 1.807) is 0 Å². The molecule has 120 valence electrons. The number of anilines is 1. The number of halogens is 1. The van der Waals surface area contributed by atoms with Crippen LogP contribution in [-0.4, -0.2) is 24.2 Å². The van der Waals surface area contributed by atoms with Crippen molar-refractivity contribution >= 4 is 17.3 Å². The van der Waals surface area contributed by atoms with Crippen LogP contribution in [0.15, 0.2) is 12.1 Å². The van der Waals surface area contributed by atoms with E-state index in [9.17, 15) is 0 Å². The average Bonchev–Trinajstić information content (AvgIpc) is 2.96. The quantitative estimate of drug-likeness (QED) is 0.829. The Bertz CT molecular complexity index is 581. The van der Waals surface area contributed by atoms with Gasteiger partial charge in [-0.1, -0.05) is 24.4 Å².